The molecule has 2 N–H and O–H groups in total. The maximum absolute atomic E-state index is 11.2. The number of carbonyl (C=O) groups excluding carboxylic acids is 1. The van der Waals surface area contributed by atoms with Crippen molar-refractivity contribution >= 4 is 21.9 Å². The van der Waals surface area contributed by atoms with Gasteiger partial charge in [0.2, 0.25) is 6.79 Å². The molecule has 1 aliphatic rings. The summed E-state index contributed by atoms with van der Waals surface area (Å²) in [5.74, 6) is 0.0711. The van der Waals surface area contributed by atoms with Crippen LogP contribution in [0.5, 0.6) is 11.5 Å². The van der Waals surface area contributed by atoms with Gasteiger partial charge in [0.1, 0.15) is 6.10 Å². The van der Waals surface area contributed by atoms with Crippen molar-refractivity contribution in [1.82, 2.24) is 0 Å². The third kappa shape index (κ3) is 2.29. The quantitative estimate of drug-likeness (QED) is 0.800. The predicted molar refractivity (Wildman–Crippen MR) is 63.2 cm³/mol. The second-order valence-electron chi connectivity index (χ2n) is 3.64. The second-order valence-corrected chi connectivity index (χ2v) is 4.49. The summed E-state index contributed by atoms with van der Waals surface area (Å²) in [5, 5.41) is 19.5. The average molecular weight is 319 g/mol. The van der Waals surface area contributed by atoms with Crippen molar-refractivity contribution in [3.05, 3.63) is 22.2 Å². The Labute approximate surface area is 111 Å². The van der Waals surface area contributed by atoms with Crippen molar-refractivity contribution in [3.63, 3.8) is 0 Å². The molecule has 2 atom stereocenters. The van der Waals surface area contributed by atoms with Gasteiger partial charge in [-0.15, -0.1) is 0 Å². The molecule has 0 aromatic heterocycles. The van der Waals surface area contributed by atoms with Crippen molar-refractivity contribution in [3.8, 4) is 11.5 Å². The van der Waals surface area contributed by atoms with Crippen molar-refractivity contribution in [2.75, 3.05) is 13.9 Å². The highest BCUT2D eigenvalue weighted by molar-refractivity contribution is 9.10. The Hall–Kier alpha value is -1.31. The molecule has 98 valence electrons. The van der Waals surface area contributed by atoms with Gasteiger partial charge in [-0.2, -0.15) is 0 Å². The number of ether oxygens (including phenoxy) is 3. The van der Waals surface area contributed by atoms with E-state index in [-0.39, 0.29) is 6.79 Å². The molecule has 6 nitrogen and oxygen atoms in total. The van der Waals surface area contributed by atoms with Crippen molar-refractivity contribution in [2.45, 2.75) is 12.2 Å². The van der Waals surface area contributed by atoms with Gasteiger partial charge in [0.15, 0.2) is 17.6 Å². The molecule has 0 saturated heterocycles. The van der Waals surface area contributed by atoms with Gasteiger partial charge in [0.25, 0.3) is 0 Å². The van der Waals surface area contributed by atoms with Gasteiger partial charge < -0.3 is 24.4 Å². The number of fused-ring (bicyclic) bond motifs is 1. The Kier molecular flexibility index (Phi) is 3.74. The Bertz CT molecular complexity index is 475. The van der Waals surface area contributed by atoms with Gasteiger partial charge in [-0.3, -0.25) is 0 Å². The van der Waals surface area contributed by atoms with Crippen LogP contribution >= 0.6 is 15.9 Å². The molecule has 0 radical (unpaired) electrons. The van der Waals surface area contributed by atoms with E-state index in [1.54, 1.807) is 6.07 Å². The van der Waals surface area contributed by atoms with E-state index in [1.165, 1.54) is 6.07 Å². The Morgan fingerprint density at radius 1 is 1.39 bits per heavy atom. The van der Waals surface area contributed by atoms with Gasteiger partial charge in [0.05, 0.1) is 7.11 Å². The minimum atomic E-state index is -1.66. The topological polar surface area (TPSA) is 85.2 Å². The fraction of sp³-hybridized carbons (Fsp3) is 0.364. The van der Waals surface area contributed by atoms with Crippen LogP contribution in [0.2, 0.25) is 0 Å². The summed E-state index contributed by atoms with van der Waals surface area (Å²) >= 11 is 3.23. The number of hydrogen-bond acceptors (Lipinski definition) is 6. The highest BCUT2D eigenvalue weighted by Gasteiger charge is 2.29. The molecule has 0 amide bonds. The van der Waals surface area contributed by atoms with Gasteiger partial charge in [-0.05, 0) is 12.1 Å². The molecule has 0 spiro atoms. The minimum absolute atomic E-state index is 0.0981. The molecule has 2 unspecified atom stereocenters. The van der Waals surface area contributed by atoms with E-state index in [2.05, 4.69) is 20.7 Å². The van der Waals surface area contributed by atoms with E-state index < -0.39 is 18.2 Å². The highest BCUT2D eigenvalue weighted by Crippen LogP contribution is 2.39. The summed E-state index contributed by atoms with van der Waals surface area (Å²) < 4.78 is 15.2. The first-order valence-corrected chi connectivity index (χ1v) is 5.87. The molecule has 1 aromatic carbocycles. The number of carbonyl (C=O) groups is 1. The number of hydrogen-bond donors (Lipinski definition) is 2. The van der Waals surface area contributed by atoms with Gasteiger partial charge in [-0.1, -0.05) is 15.9 Å². The lowest BCUT2D eigenvalue weighted by atomic mass is 10.0. The van der Waals surface area contributed by atoms with Gasteiger partial charge in [-0.25, -0.2) is 4.79 Å². The summed E-state index contributed by atoms with van der Waals surface area (Å²) in [6.45, 7) is 0.0981. The molecular weight excluding hydrogens is 308 g/mol. The summed E-state index contributed by atoms with van der Waals surface area (Å²) in [6, 6.07) is 3.11. The second kappa shape index (κ2) is 5.13. The van der Waals surface area contributed by atoms with E-state index in [0.29, 0.717) is 21.5 Å². The first kappa shape index (κ1) is 13.1. The lowest BCUT2D eigenvalue weighted by Crippen LogP contribution is -2.29. The van der Waals surface area contributed by atoms with Crippen molar-refractivity contribution in [1.29, 1.82) is 0 Å². The number of halogens is 1. The zero-order chi connectivity index (χ0) is 13.3. The van der Waals surface area contributed by atoms with E-state index in [0.717, 1.165) is 7.11 Å². The normalized spacial score (nSPS) is 16.2. The standard InChI is InChI=1S/C11H11BrO6/c1-16-11(15)10(14)9(13)5-2-7-8(3-6(5)12)18-4-17-7/h2-3,9-10,13-14H,4H2,1H3. The maximum atomic E-state index is 11.2. The number of esters is 1. The van der Waals surface area contributed by atoms with Crippen LogP contribution < -0.4 is 9.47 Å². The first-order valence-electron chi connectivity index (χ1n) is 5.07. The molecule has 0 fully saturated rings. The van der Waals surface area contributed by atoms with Crippen LogP contribution in [0.4, 0.5) is 0 Å². The van der Waals surface area contributed by atoms with Crippen LogP contribution in [0.15, 0.2) is 16.6 Å². The average Bonchev–Trinajstić information content (AvgIpc) is 2.82. The number of aliphatic hydroxyl groups excluding tert-OH is 2. The summed E-state index contributed by atoms with van der Waals surface area (Å²) in [4.78, 5) is 11.2. The third-order valence-electron chi connectivity index (χ3n) is 2.55. The molecule has 0 aliphatic carbocycles. The SMILES string of the molecule is COC(=O)C(O)C(O)c1cc2c(cc1Br)OCO2. The van der Waals surface area contributed by atoms with E-state index in [4.69, 9.17) is 9.47 Å². The van der Waals surface area contributed by atoms with Crippen LogP contribution in [-0.2, 0) is 9.53 Å². The van der Waals surface area contributed by atoms with Crippen LogP contribution in [0.25, 0.3) is 0 Å². The smallest absolute Gasteiger partial charge is 0.337 e. The van der Waals surface area contributed by atoms with Crippen LogP contribution in [0.1, 0.15) is 11.7 Å². The molecule has 18 heavy (non-hydrogen) atoms. The van der Waals surface area contributed by atoms with Crippen LogP contribution in [-0.4, -0.2) is 36.2 Å². The monoisotopic (exact) mass is 318 g/mol. The fourth-order valence-corrected chi connectivity index (χ4v) is 2.14. The molecule has 2 rings (SSSR count). The highest BCUT2D eigenvalue weighted by atomic mass is 79.9. The molecular formula is C11H11BrO6. The predicted octanol–water partition coefficient (Wildman–Crippen LogP) is 0.745. The van der Waals surface area contributed by atoms with E-state index >= 15 is 0 Å². The molecule has 1 aliphatic heterocycles. The molecule has 1 aromatic rings. The zero-order valence-corrected chi connectivity index (χ0v) is 11.0. The first-order chi connectivity index (χ1) is 8.54. The zero-order valence-electron chi connectivity index (χ0n) is 9.42. The molecule has 0 bridgehead atoms. The van der Waals surface area contributed by atoms with Crippen molar-refractivity contribution in [2.24, 2.45) is 0 Å². The minimum Gasteiger partial charge on any atom is -0.467 e. The van der Waals surface area contributed by atoms with E-state index in [1.807, 2.05) is 0 Å². The Morgan fingerprint density at radius 3 is 2.61 bits per heavy atom. The summed E-state index contributed by atoms with van der Waals surface area (Å²) in [5.41, 5.74) is 0.317. The summed E-state index contributed by atoms with van der Waals surface area (Å²) in [6.07, 6.45) is -3.08. The molecule has 1 heterocycles. The molecule has 0 saturated carbocycles. The lowest BCUT2D eigenvalue weighted by Gasteiger charge is -2.17. The fourth-order valence-electron chi connectivity index (χ4n) is 1.58. The van der Waals surface area contributed by atoms with Crippen LogP contribution in [0.3, 0.4) is 0 Å². The lowest BCUT2D eigenvalue weighted by molar-refractivity contribution is -0.156. The molecule has 7 heteroatoms. The largest absolute Gasteiger partial charge is 0.467 e. The number of aliphatic hydroxyl groups is 2. The van der Waals surface area contributed by atoms with Crippen LogP contribution in [0, 0.1) is 0 Å². The Balaban J connectivity index is 2.30. The maximum Gasteiger partial charge on any atom is 0.337 e. The van der Waals surface area contributed by atoms with Crippen molar-refractivity contribution < 1.29 is 29.2 Å². The number of benzene rings is 1. The number of methoxy groups -OCH3 is 1. The van der Waals surface area contributed by atoms with Gasteiger partial charge >= 0.3 is 5.97 Å². The number of rotatable bonds is 3. The summed E-state index contributed by atoms with van der Waals surface area (Å²) in [7, 11) is 1.13. The van der Waals surface area contributed by atoms with Gasteiger partial charge in [0, 0.05) is 10.0 Å². The third-order valence-corrected chi connectivity index (χ3v) is 3.24. The van der Waals surface area contributed by atoms with E-state index in [9.17, 15) is 15.0 Å². The Morgan fingerprint density at radius 2 is 2.00 bits per heavy atom.